The Morgan fingerprint density at radius 3 is 2.43 bits per heavy atom. The maximum atomic E-state index is 5.68. The number of aromatic nitrogens is 1. The number of nitrogens with zero attached hydrogens (tertiary/aromatic N) is 1. The van der Waals surface area contributed by atoms with Crippen LogP contribution < -0.4 is 14.8 Å². The first kappa shape index (κ1) is 15.2. The molecule has 0 saturated heterocycles. The Morgan fingerprint density at radius 1 is 1.05 bits per heavy atom. The second-order valence-corrected chi connectivity index (χ2v) is 4.67. The van der Waals surface area contributed by atoms with E-state index in [0.717, 1.165) is 17.2 Å². The van der Waals surface area contributed by atoms with Crippen LogP contribution >= 0.6 is 0 Å². The van der Waals surface area contributed by atoms with Crippen molar-refractivity contribution in [3.63, 3.8) is 0 Å². The quantitative estimate of drug-likeness (QED) is 0.834. The van der Waals surface area contributed by atoms with Crippen molar-refractivity contribution in [1.82, 2.24) is 4.98 Å². The van der Waals surface area contributed by atoms with Crippen LogP contribution in [-0.2, 0) is 0 Å². The van der Waals surface area contributed by atoms with Crippen LogP contribution in [0.2, 0.25) is 0 Å². The van der Waals surface area contributed by atoms with E-state index < -0.39 is 0 Å². The molecule has 1 N–H and O–H groups in total. The van der Waals surface area contributed by atoms with Crippen LogP contribution in [0.25, 0.3) is 0 Å². The summed E-state index contributed by atoms with van der Waals surface area (Å²) in [4.78, 5) is 4.05. The highest BCUT2D eigenvalue weighted by molar-refractivity contribution is 5.60. The molecule has 112 valence electrons. The Labute approximate surface area is 126 Å². The third kappa shape index (κ3) is 4.12. The molecule has 4 nitrogen and oxygen atoms in total. The molecule has 1 atom stereocenters. The smallest absolute Gasteiger partial charge is 0.142 e. The molecule has 1 aromatic heterocycles. The average molecular weight is 286 g/mol. The molecule has 0 bridgehead atoms. The van der Waals surface area contributed by atoms with Crippen LogP contribution in [0.1, 0.15) is 32.4 Å². The molecule has 0 aliphatic carbocycles. The van der Waals surface area contributed by atoms with E-state index in [1.54, 1.807) is 12.4 Å². The number of rotatable bonds is 7. The maximum absolute atomic E-state index is 5.68. The minimum atomic E-state index is 0.157. The van der Waals surface area contributed by atoms with Gasteiger partial charge in [-0.25, -0.2) is 0 Å². The zero-order valence-electron chi connectivity index (χ0n) is 12.8. The van der Waals surface area contributed by atoms with Crippen LogP contribution in [0, 0.1) is 0 Å². The van der Waals surface area contributed by atoms with E-state index in [9.17, 15) is 0 Å². The van der Waals surface area contributed by atoms with Gasteiger partial charge in [0.05, 0.1) is 18.9 Å². The van der Waals surface area contributed by atoms with Crippen molar-refractivity contribution in [1.29, 1.82) is 0 Å². The lowest BCUT2D eigenvalue weighted by atomic mass is 10.1. The van der Waals surface area contributed by atoms with Crippen molar-refractivity contribution < 1.29 is 9.47 Å². The lowest BCUT2D eigenvalue weighted by Gasteiger charge is -2.19. The number of ether oxygens (including phenoxy) is 2. The van der Waals surface area contributed by atoms with Gasteiger partial charge in [-0.15, -0.1) is 0 Å². The summed E-state index contributed by atoms with van der Waals surface area (Å²) in [5.41, 5.74) is 2.11. The first-order chi connectivity index (χ1) is 10.2. The van der Waals surface area contributed by atoms with Gasteiger partial charge in [0.15, 0.2) is 0 Å². The molecule has 1 unspecified atom stereocenters. The number of hydrogen-bond acceptors (Lipinski definition) is 4. The van der Waals surface area contributed by atoms with E-state index >= 15 is 0 Å². The molecule has 0 radical (unpaired) electrons. The van der Waals surface area contributed by atoms with Crippen LogP contribution in [0.15, 0.2) is 42.7 Å². The molecule has 1 aromatic carbocycles. The molecule has 0 saturated carbocycles. The van der Waals surface area contributed by atoms with Crippen LogP contribution in [0.5, 0.6) is 11.5 Å². The van der Waals surface area contributed by atoms with Gasteiger partial charge >= 0.3 is 0 Å². The lowest BCUT2D eigenvalue weighted by molar-refractivity contribution is 0.331. The summed E-state index contributed by atoms with van der Waals surface area (Å²) < 4.78 is 11.2. The summed E-state index contributed by atoms with van der Waals surface area (Å²) in [7, 11) is 0. The molecule has 21 heavy (non-hydrogen) atoms. The van der Waals surface area contributed by atoms with Gasteiger partial charge in [0.25, 0.3) is 0 Å². The van der Waals surface area contributed by atoms with Crippen molar-refractivity contribution in [2.24, 2.45) is 0 Å². The first-order valence-electron chi connectivity index (χ1n) is 7.30. The van der Waals surface area contributed by atoms with Gasteiger partial charge < -0.3 is 14.8 Å². The van der Waals surface area contributed by atoms with Crippen molar-refractivity contribution in [2.45, 2.75) is 26.8 Å². The second kappa shape index (κ2) is 7.53. The van der Waals surface area contributed by atoms with Gasteiger partial charge in [0, 0.05) is 24.5 Å². The summed E-state index contributed by atoms with van der Waals surface area (Å²) in [6.45, 7) is 7.34. The van der Waals surface area contributed by atoms with E-state index in [4.69, 9.17) is 9.47 Å². The van der Waals surface area contributed by atoms with Crippen molar-refractivity contribution >= 4 is 5.69 Å². The molecule has 0 aliphatic rings. The van der Waals surface area contributed by atoms with Gasteiger partial charge in [-0.1, -0.05) is 0 Å². The van der Waals surface area contributed by atoms with E-state index in [1.807, 2.05) is 44.2 Å². The summed E-state index contributed by atoms with van der Waals surface area (Å²) in [5.74, 6) is 1.67. The topological polar surface area (TPSA) is 43.4 Å². The van der Waals surface area contributed by atoms with Crippen LogP contribution in [0.3, 0.4) is 0 Å². The molecule has 0 amide bonds. The zero-order valence-corrected chi connectivity index (χ0v) is 12.8. The van der Waals surface area contributed by atoms with E-state index in [-0.39, 0.29) is 6.04 Å². The summed E-state index contributed by atoms with van der Waals surface area (Å²) in [5, 5.41) is 3.48. The SMILES string of the molecule is CCOc1ccc(OCC)c(NC(C)c2ccncc2)c1. The zero-order chi connectivity index (χ0) is 15.1. The Kier molecular flexibility index (Phi) is 5.43. The molecule has 4 heteroatoms. The third-order valence-electron chi connectivity index (χ3n) is 3.14. The molecule has 0 fully saturated rings. The van der Waals surface area contributed by atoms with Crippen molar-refractivity contribution in [3.8, 4) is 11.5 Å². The van der Waals surface area contributed by atoms with Gasteiger partial charge in [-0.3, -0.25) is 4.98 Å². The largest absolute Gasteiger partial charge is 0.494 e. The number of anilines is 1. The third-order valence-corrected chi connectivity index (χ3v) is 3.14. The first-order valence-corrected chi connectivity index (χ1v) is 7.30. The van der Waals surface area contributed by atoms with Gasteiger partial charge in [-0.2, -0.15) is 0 Å². The normalized spacial score (nSPS) is 11.8. The number of benzene rings is 1. The van der Waals surface area contributed by atoms with Crippen molar-refractivity contribution in [2.75, 3.05) is 18.5 Å². The molecule has 0 aliphatic heterocycles. The Hall–Kier alpha value is -2.23. The van der Waals surface area contributed by atoms with Gasteiger partial charge in [0.2, 0.25) is 0 Å². The predicted molar refractivity (Wildman–Crippen MR) is 85.1 cm³/mol. The van der Waals surface area contributed by atoms with Crippen LogP contribution in [-0.4, -0.2) is 18.2 Å². The minimum Gasteiger partial charge on any atom is -0.494 e. The Morgan fingerprint density at radius 2 is 1.76 bits per heavy atom. The highest BCUT2D eigenvalue weighted by Crippen LogP contribution is 2.32. The fourth-order valence-corrected chi connectivity index (χ4v) is 2.13. The van der Waals surface area contributed by atoms with Crippen molar-refractivity contribution in [3.05, 3.63) is 48.3 Å². The van der Waals surface area contributed by atoms with E-state index in [2.05, 4.69) is 17.2 Å². The molecule has 2 rings (SSSR count). The van der Waals surface area contributed by atoms with Crippen LogP contribution in [0.4, 0.5) is 5.69 Å². The van der Waals surface area contributed by atoms with Gasteiger partial charge in [-0.05, 0) is 50.6 Å². The number of nitrogens with one attached hydrogen (secondary N) is 1. The Balaban J connectivity index is 2.21. The Bertz CT molecular complexity index is 558. The highest BCUT2D eigenvalue weighted by atomic mass is 16.5. The van der Waals surface area contributed by atoms with E-state index in [1.165, 1.54) is 5.56 Å². The lowest BCUT2D eigenvalue weighted by Crippen LogP contribution is -2.08. The average Bonchev–Trinajstić information content (AvgIpc) is 2.51. The summed E-state index contributed by atoms with van der Waals surface area (Å²) in [6, 6.07) is 10.0. The predicted octanol–water partition coefficient (Wildman–Crippen LogP) is 4.05. The molecular weight excluding hydrogens is 264 g/mol. The highest BCUT2D eigenvalue weighted by Gasteiger charge is 2.10. The second-order valence-electron chi connectivity index (χ2n) is 4.67. The van der Waals surface area contributed by atoms with Gasteiger partial charge in [0.1, 0.15) is 11.5 Å². The molecular formula is C17H22N2O2. The number of hydrogen-bond donors (Lipinski definition) is 1. The minimum absolute atomic E-state index is 0.157. The monoisotopic (exact) mass is 286 g/mol. The number of pyridine rings is 1. The maximum Gasteiger partial charge on any atom is 0.142 e. The molecule has 1 heterocycles. The summed E-state index contributed by atoms with van der Waals surface area (Å²) in [6.07, 6.45) is 3.60. The molecule has 2 aromatic rings. The van der Waals surface area contributed by atoms with E-state index in [0.29, 0.717) is 13.2 Å². The standard InChI is InChI=1S/C17H22N2O2/c1-4-20-15-6-7-17(21-5-2)16(12-15)19-13(3)14-8-10-18-11-9-14/h6-13,19H,4-5H2,1-3H3. The fourth-order valence-electron chi connectivity index (χ4n) is 2.13. The molecule has 0 spiro atoms. The fraction of sp³-hybridized carbons (Fsp3) is 0.353. The summed E-state index contributed by atoms with van der Waals surface area (Å²) >= 11 is 0.